The highest BCUT2D eigenvalue weighted by atomic mass is 35.5. The maximum Gasteiger partial charge on any atom is 0.142 e. The van der Waals surface area contributed by atoms with E-state index in [1.54, 1.807) is 0 Å². The molecule has 0 aromatic heterocycles. The molecule has 1 aliphatic rings. The van der Waals surface area contributed by atoms with Crippen LogP contribution < -0.4 is 0 Å². The van der Waals surface area contributed by atoms with Crippen molar-refractivity contribution in [1.29, 1.82) is 0 Å². The summed E-state index contributed by atoms with van der Waals surface area (Å²) in [5.41, 5.74) is 1.25. The summed E-state index contributed by atoms with van der Waals surface area (Å²) in [5.74, 6) is 0. The number of hydrogen-bond acceptors (Lipinski definition) is 2. The second-order valence-corrected chi connectivity index (χ2v) is 7.14. The largest absolute Gasteiger partial charge is 0.342 e. The fraction of sp³-hybridized carbons (Fsp3) is 0.455. The van der Waals surface area contributed by atoms with E-state index in [0.717, 1.165) is 26.2 Å². The fourth-order valence-corrected chi connectivity index (χ4v) is 3.66. The lowest BCUT2D eigenvalue weighted by atomic mass is 10.1. The quantitative estimate of drug-likeness (QED) is 0.365. The molecule has 0 bridgehead atoms. The van der Waals surface area contributed by atoms with E-state index >= 15 is 0 Å². The van der Waals surface area contributed by atoms with Crippen molar-refractivity contribution in [2.75, 3.05) is 13.2 Å². The van der Waals surface area contributed by atoms with Gasteiger partial charge in [0.1, 0.15) is 10.3 Å². The summed E-state index contributed by atoms with van der Waals surface area (Å²) >= 11 is 12.9. The van der Waals surface area contributed by atoms with Crippen molar-refractivity contribution in [3.05, 3.63) is 58.3 Å². The van der Waals surface area contributed by atoms with Crippen LogP contribution in [0.15, 0.2) is 52.8 Å². The first kappa shape index (κ1) is 20.9. The SMILES string of the molecule is CC.CCCCCCN1CN(Cc2ccc3ccccc3c2)C(Cl)=C1Cl. The third-order valence-corrected chi connectivity index (χ3v) is 5.47. The monoisotopic (exact) mass is 392 g/mol. The van der Waals surface area contributed by atoms with Crippen molar-refractivity contribution < 1.29 is 0 Å². The Morgan fingerprint density at radius 1 is 0.846 bits per heavy atom. The normalized spacial score (nSPS) is 14.0. The zero-order chi connectivity index (χ0) is 18.9. The molecule has 4 heteroatoms. The van der Waals surface area contributed by atoms with Crippen molar-refractivity contribution in [1.82, 2.24) is 9.80 Å². The molecule has 0 N–H and O–H groups in total. The van der Waals surface area contributed by atoms with Crippen LogP contribution in [0, 0.1) is 0 Å². The molecule has 0 amide bonds. The molecule has 2 aromatic rings. The van der Waals surface area contributed by atoms with Crippen molar-refractivity contribution in [3.8, 4) is 0 Å². The molecule has 0 fully saturated rings. The van der Waals surface area contributed by atoms with Gasteiger partial charge in [-0.15, -0.1) is 0 Å². The first-order valence-corrected chi connectivity index (χ1v) is 10.5. The molecular formula is C22H30Cl2N2. The van der Waals surface area contributed by atoms with Gasteiger partial charge < -0.3 is 9.80 Å². The molecule has 142 valence electrons. The van der Waals surface area contributed by atoms with Gasteiger partial charge in [0, 0.05) is 13.1 Å². The molecule has 0 spiro atoms. The molecule has 2 aromatic carbocycles. The Hall–Kier alpha value is -1.38. The van der Waals surface area contributed by atoms with E-state index in [-0.39, 0.29) is 0 Å². The first-order chi connectivity index (χ1) is 12.7. The van der Waals surface area contributed by atoms with Crippen molar-refractivity contribution >= 4 is 34.0 Å². The molecule has 0 saturated heterocycles. The van der Waals surface area contributed by atoms with E-state index in [9.17, 15) is 0 Å². The Kier molecular flexibility index (Phi) is 8.61. The predicted molar refractivity (Wildman–Crippen MR) is 115 cm³/mol. The Bertz CT molecular complexity index is 727. The lowest BCUT2D eigenvalue weighted by molar-refractivity contribution is 0.249. The average Bonchev–Trinajstić information content (AvgIpc) is 2.95. The van der Waals surface area contributed by atoms with Crippen molar-refractivity contribution in [2.24, 2.45) is 0 Å². The number of unbranched alkanes of at least 4 members (excludes halogenated alkanes) is 3. The van der Waals surface area contributed by atoms with Gasteiger partial charge in [-0.05, 0) is 28.8 Å². The molecule has 2 nitrogen and oxygen atoms in total. The summed E-state index contributed by atoms with van der Waals surface area (Å²) in [5, 5.41) is 3.88. The minimum absolute atomic E-state index is 0.667. The third kappa shape index (κ3) is 5.31. The zero-order valence-corrected chi connectivity index (χ0v) is 17.7. The standard InChI is InChI=1S/C20H24Cl2N2.C2H6/c1-2-3-4-7-12-23-15-24(20(22)19(23)21)14-16-10-11-17-8-5-6-9-18(17)13-16;1-2/h5-6,8-11,13H,2-4,7,12,14-15H2,1H3;1-2H3. The second-order valence-electron chi connectivity index (χ2n) is 6.43. The predicted octanol–water partition coefficient (Wildman–Crippen LogP) is 7.13. The van der Waals surface area contributed by atoms with E-state index in [1.165, 1.54) is 35.6 Å². The van der Waals surface area contributed by atoms with Gasteiger partial charge in [0.2, 0.25) is 0 Å². The van der Waals surface area contributed by atoms with Gasteiger partial charge in [0.05, 0.1) is 6.67 Å². The zero-order valence-electron chi connectivity index (χ0n) is 16.1. The van der Waals surface area contributed by atoms with Crippen LogP contribution >= 0.6 is 23.2 Å². The van der Waals surface area contributed by atoms with Crippen LogP contribution in [0.3, 0.4) is 0 Å². The van der Waals surface area contributed by atoms with Gasteiger partial charge >= 0.3 is 0 Å². The number of benzene rings is 2. The Morgan fingerprint density at radius 2 is 1.54 bits per heavy atom. The maximum absolute atomic E-state index is 6.46. The van der Waals surface area contributed by atoms with E-state index in [4.69, 9.17) is 23.2 Å². The second kappa shape index (κ2) is 10.7. The summed E-state index contributed by atoms with van der Waals surface area (Å²) < 4.78 is 0. The number of nitrogens with zero attached hydrogens (tertiary/aromatic N) is 2. The number of hydrogen-bond donors (Lipinski definition) is 0. The topological polar surface area (TPSA) is 6.48 Å². The molecule has 3 rings (SSSR count). The van der Waals surface area contributed by atoms with Gasteiger partial charge in [-0.1, -0.05) is 99.6 Å². The van der Waals surface area contributed by atoms with Crippen LogP contribution in [0.1, 0.15) is 52.0 Å². The van der Waals surface area contributed by atoms with Gasteiger partial charge in [-0.25, -0.2) is 0 Å². The molecule has 0 atom stereocenters. The van der Waals surface area contributed by atoms with Crippen LogP contribution in [0.4, 0.5) is 0 Å². The van der Waals surface area contributed by atoms with Gasteiger partial charge in [-0.2, -0.15) is 0 Å². The Morgan fingerprint density at radius 3 is 2.27 bits per heavy atom. The first-order valence-electron chi connectivity index (χ1n) is 9.72. The maximum atomic E-state index is 6.46. The van der Waals surface area contributed by atoms with Crippen LogP contribution in [-0.2, 0) is 6.54 Å². The average molecular weight is 393 g/mol. The lowest BCUT2D eigenvalue weighted by Crippen LogP contribution is -2.27. The summed E-state index contributed by atoms with van der Waals surface area (Å²) in [6.07, 6.45) is 4.94. The number of halogens is 2. The summed E-state index contributed by atoms with van der Waals surface area (Å²) in [4.78, 5) is 4.33. The van der Waals surface area contributed by atoms with Crippen LogP contribution in [0.2, 0.25) is 0 Å². The van der Waals surface area contributed by atoms with E-state index < -0.39 is 0 Å². The molecule has 1 heterocycles. The highest BCUT2D eigenvalue weighted by Crippen LogP contribution is 2.31. The van der Waals surface area contributed by atoms with Gasteiger partial charge in [0.15, 0.2) is 0 Å². The molecule has 26 heavy (non-hydrogen) atoms. The van der Waals surface area contributed by atoms with Crippen molar-refractivity contribution in [3.63, 3.8) is 0 Å². The van der Waals surface area contributed by atoms with E-state index in [1.807, 2.05) is 13.8 Å². The molecule has 0 unspecified atom stereocenters. The molecule has 0 saturated carbocycles. The molecule has 0 radical (unpaired) electrons. The van der Waals surface area contributed by atoms with Gasteiger partial charge in [-0.3, -0.25) is 0 Å². The Balaban J connectivity index is 0.00000117. The van der Waals surface area contributed by atoms with Gasteiger partial charge in [0.25, 0.3) is 0 Å². The smallest absolute Gasteiger partial charge is 0.142 e. The summed E-state index contributed by atoms with van der Waals surface area (Å²) in [6.45, 7) is 8.76. The summed E-state index contributed by atoms with van der Waals surface area (Å²) in [7, 11) is 0. The molecule has 0 aliphatic carbocycles. The fourth-order valence-electron chi connectivity index (χ4n) is 3.17. The molecule has 1 aliphatic heterocycles. The van der Waals surface area contributed by atoms with E-state index in [0.29, 0.717) is 10.3 Å². The van der Waals surface area contributed by atoms with Crippen LogP contribution in [-0.4, -0.2) is 23.0 Å². The van der Waals surface area contributed by atoms with Crippen LogP contribution in [0.25, 0.3) is 10.8 Å². The lowest BCUT2D eigenvalue weighted by Gasteiger charge is -2.22. The minimum Gasteiger partial charge on any atom is -0.342 e. The summed E-state index contributed by atoms with van der Waals surface area (Å²) in [6, 6.07) is 15.0. The minimum atomic E-state index is 0.667. The number of rotatable bonds is 7. The van der Waals surface area contributed by atoms with Crippen LogP contribution in [0.5, 0.6) is 0 Å². The highest BCUT2D eigenvalue weighted by Gasteiger charge is 2.26. The highest BCUT2D eigenvalue weighted by molar-refractivity contribution is 6.38. The van der Waals surface area contributed by atoms with E-state index in [2.05, 4.69) is 59.2 Å². The van der Waals surface area contributed by atoms with Crippen molar-refractivity contribution in [2.45, 2.75) is 53.0 Å². The molecular weight excluding hydrogens is 363 g/mol. The Labute approximate surface area is 168 Å². The third-order valence-electron chi connectivity index (χ3n) is 4.54. The number of fused-ring (bicyclic) bond motifs is 1.